The number of rotatable bonds is 12. The molecule has 0 saturated heterocycles. The molecule has 0 bridgehead atoms. The maximum atomic E-state index is 13.7. The molecule has 0 atom stereocenters. The van der Waals surface area contributed by atoms with Gasteiger partial charge >= 0.3 is 140 Å². The molecule has 3 rings (SSSR count). The second-order valence-corrected chi connectivity index (χ2v) is 16.1. The summed E-state index contributed by atoms with van der Waals surface area (Å²) in [5.41, 5.74) is 4.40. The van der Waals surface area contributed by atoms with E-state index in [4.69, 9.17) is 0 Å². The predicted molar refractivity (Wildman–Crippen MR) is 146 cm³/mol. The normalized spacial score (nSPS) is 11.8. The number of anilines is 4. The Morgan fingerprint density at radius 1 is 1.08 bits per heavy atom. The second-order valence-electron chi connectivity index (χ2n) is 8.59. The SMILES string of the molecule is CCS(=O)(=O)Nc1ncccc1CNc1nc(Nc2cccc(C(=O)NCC[As](C)C)c2)ncc1C(F)(F)F. The molecule has 2 aromatic heterocycles. The minimum Gasteiger partial charge on any atom is -0.166 e. The Balaban J connectivity index is 1.81. The van der Waals surface area contributed by atoms with E-state index >= 15 is 0 Å². The first kappa shape index (κ1) is 30.2. The molecule has 0 radical (unpaired) electrons. The van der Waals surface area contributed by atoms with Crippen LogP contribution in [-0.4, -0.2) is 56.2 Å². The van der Waals surface area contributed by atoms with Crippen LogP contribution in [0.4, 0.5) is 36.4 Å². The average molecular weight is 628 g/mol. The number of sulfonamides is 1. The third kappa shape index (κ3) is 9.10. The predicted octanol–water partition coefficient (Wildman–Crippen LogP) is 4.49. The van der Waals surface area contributed by atoms with Crippen LogP contribution in [0, 0.1) is 0 Å². The summed E-state index contributed by atoms with van der Waals surface area (Å²) in [5.74, 6) is -1.10. The van der Waals surface area contributed by atoms with Gasteiger partial charge in [0, 0.05) is 18.3 Å². The second kappa shape index (κ2) is 13.1. The van der Waals surface area contributed by atoms with Gasteiger partial charge in [0.25, 0.3) is 0 Å². The van der Waals surface area contributed by atoms with Crippen LogP contribution in [-0.2, 0) is 22.7 Å². The molecule has 39 heavy (non-hydrogen) atoms. The first-order chi connectivity index (χ1) is 18.4. The Morgan fingerprint density at radius 3 is 2.54 bits per heavy atom. The van der Waals surface area contributed by atoms with E-state index in [9.17, 15) is 26.4 Å². The van der Waals surface area contributed by atoms with Crippen LogP contribution in [0.25, 0.3) is 0 Å². The summed E-state index contributed by atoms with van der Waals surface area (Å²) < 4.78 is 67.3. The van der Waals surface area contributed by atoms with Crippen molar-refractivity contribution in [3.8, 4) is 0 Å². The van der Waals surface area contributed by atoms with E-state index in [1.165, 1.54) is 25.3 Å². The van der Waals surface area contributed by atoms with Crippen molar-refractivity contribution in [3.63, 3.8) is 0 Å². The first-order valence-corrected chi connectivity index (χ1v) is 18.5. The van der Waals surface area contributed by atoms with Gasteiger partial charge in [-0.25, -0.2) is 13.4 Å². The molecular weight excluding hydrogens is 598 g/mol. The summed E-state index contributed by atoms with van der Waals surface area (Å²) in [6.45, 7) is 1.83. The number of amides is 1. The Morgan fingerprint density at radius 2 is 1.85 bits per heavy atom. The summed E-state index contributed by atoms with van der Waals surface area (Å²) in [6, 6.07) is 9.52. The minimum absolute atomic E-state index is 0.00115. The van der Waals surface area contributed by atoms with Crippen molar-refractivity contribution in [2.75, 3.05) is 27.7 Å². The van der Waals surface area contributed by atoms with Crippen molar-refractivity contribution in [2.45, 2.75) is 36.3 Å². The summed E-state index contributed by atoms with van der Waals surface area (Å²) in [7, 11) is -3.65. The Kier molecular flexibility index (Phi) is 10.1. The topological polar surface area (TPSA) is 138 Å². The number of hydrogen-bond acceptors (Lipinski definition) is 8. The van der Waals surface area contributed by atoms with Crippen molar-refractivity contribution in [1.29, 1.82) is 0 Å². The van der Waals surface area contributed by atoms with Crippen molar-refractivity contribution < 1.29 is 26.4 Å². The Labute approximate surface area is 229 Å². The van der Waals surface area contributed by atoms with E-state index < -0.39 is 42.2 Å². The van der Waals surface area contributed by atoms with Gasteiger partial charge in [0.2, 0.25) is 10.0 Å². The van der Waals surface area contributed by atoms with Crippen LogP contribution in [0.5, 0.6) is 0 Å². The van der Waals surface area contributed by atoms with E-state index in [1.807, 2.05) is 0 Å². The van der Waals surface area contributed by atoms with Crippen LogP contribution in [0.15, 0.2) is 48.8 Å². The van der Waals surface area contributed by atoms with Gasteiger partial charge in [-0.05, 0) is 13.0 Å². The number of carbonyl (C=O) groups is 1. The zero-order valence-electron chi connectivity index (χ0n) is 21.5. The summed E-state index contributed by atoms with van der Waals surface area (Å²) >= 11 is -0.868. The molecule has 1 amide bonds. The van der Waals surface area contributed by atoms with E-state index in [0.717, 1.165) is 5.21 Å². The monoisotopic (exact) mass is 627 g/mol. The smallest absolute Gasteiger partial charge is 0.166 e. The Bertz CT molecular complexity index is 1410. The molecule has 10 nitrogen and oxygen atoms in total. The standard InChI is InChI=1S/C24H29AsF3N7O3S/c1-4-39(37,38)35-20-17(8-6-11-29-20)14-31-21-19(24(26,27)28)15-32-23(34-21)33-18-9-5-7-16(13-18)22(36)30-12-10-25(2)3/h5-9,11,13,15H,4,10,12,14H2,1-3H3,(H,29,35)(H,30,36)(H2,31,32,33,34). The molecular formula is C24H29AsF3N7O3S. The van der Waals surface area contributed by atoms with E-state index in [1.54, 1.807) is 24.3 Å². The van der Waals surface area contributed by atoms with Crippen molar-refractivity contribution in [2.24, 2.45) is 0 Å². The number of halogens is 3. The number of carbonyl (C=O) groups excluding carboxylic acids is 1. The minimum atomic E-state index is -4.75. The van der Waals surface area contributed by atoms with Crippen molar-refractivity contribution in [1.82, 2.24) is 20.3 Å². The molecule has 0 aliphatic carbocycles. The van der Waals surface area contributed by atoms with Crippen molar-refractivity contribution in [3.05, 3.63) is 65.5 Å². The fourth-order valence-corrected chi connectivity index (χ4v) is 5.01. The molecule has 0 saturated carbocycles. The fourth-order valence-electron chi connectivity index (χ4n) is 3.22. The third-order valence-electron chi connectivity index (χ3n) is 5.29. The number of aromatic nitrogens is 3. The maximum absolute atomic E-state index is 13.7. The van der Waals surface area contributed by atoms with Crippen LogP contribution >= 0.6 is 0 Å². The van der Waals surface area contributed by atoms with Gasteiger partial charge < -0.3 is 0 Å². The molecule has 0 unspecified atom stereocenters. The number of alkyl halides is 3. The van der Waals surface area contributed by atoms with Gasteiger partial charge in [-0.15, -0.1) is 0 Å². The quantitative estimate of drug-likeness (QED) is 0.216. The summed E-state index contributed by atoms with van der Waals surface area (Å²) in [5, 5.41) is 9.29. The van der Waals surface area contributed by atoms with E-state index in [0.29, 0.717) is 29.6 Å². The van der Waals surface area contributed by atoms with Gasteiger partial charge in [-0.2, -0.15) is 13.2 Å². The zero-order valence-corrected chi connectivity index (χ0v) is 24.2. The first-order valence-electron chi connectivity index (χ1n) is 11.8. The molecule has 0 fully saturated rings. The molecule has 3 aromatic rings. The molecule has 0 aliphatic rings. The van der Waals surface area contributed by atoms with Gasteiger partial charge in [0.1, 0.15) is 5.82 Å². The van der Waals surface area contributed by atoms with Gasteiger partial charge in [-0.3, -0.25) is 4.72 Å². The molecule has 2 heterocycles. The average Bonchev–Trinajstić information content (AvgIpc) is 2.87. The number of hydrogen-bond donors (Lipinski definition) is 4. The number of nitrogens with zero attached hydrogens (tertiary/aromatic N) is 3. The van der Waals surface area contributed by atoms with E-state index in [-0.39, 0.29) is 30.0 Å². The molecule has 15 heteroatoms. The summed E-state index contributed by atoms with van der Waals surface area (Å²) in [4.78, 5) is 24.2. The number of nitrogens with one attached hydrogen (secondary N) is 4. The molecule has 0 aliphatic heterocycles. The van der Waals surface area contributed by atoms with Gasteiger partial charge in [0.05, 0.1) is 5.75 Å². The van der Waals surface area contributed by atoms with E-state index in [2.05, 4.69) is 47.0 Å². The zero-order chi connectivity index (χ0) is 28.6. The van der Waals surface area contributed by atoms with Crippen LogP contribution in [0.1, 0.15) is 28.4 Å². The summed E-state index contributed by atoms with van der Waals surface area (Å²) in [6.07, 6.45) is -2.74. The Hall–Kier alpha value is -3.38. The van der Waals surface area contributed by atoms with Crippen molar-refractivity contribution >= 4 is 53.9 Å². The molecule has 1 aromatic carbocycles. The van der Waals surface area contributed by atoms with Gasteiger partial charge in [-0.1, -0.05) is 6.07 Å². The van der Waals surface area contributed by atoms with Crippen LogP contribution in [0.3, 0.4) is 0 Å². The number of benzene rings is 1. The molecule has 4 N–H and O–H groups in total. The molecule has 0 spiro atoms. The van der Waals surface area contributed by atoms with Gasteiger partial charge in [0.15, 0.2) is 0 Å². The fraction of sp³-hybridized carbons (Fsp3) is 0.333. The van der Waals surface area contributed by atoms with Crippen LogP contribution < -0.4 is 20.7 Å². The molecule has 210 valence electrons. The number of pyridine rings is 1. The van der Waals surface area contributed by atoms with Crippen LogP contribution in [0.2, 0.25) is 16.6 Å². The third-order valence-corrected chi connectivity index (χ3v) is 8.90.